The molecule has 2 heterocycles. The van der Waals surface area contributed by atoms with Crippen LogP contribution in [-0.2, 0) is 9.09 Å². The summed E-state index contributed by atoms with van der Waals surface area (Å²) < 4.78 is 21.2. The van der Waals surface area contributed by atoms with E-state index in [4.69, 9.17) is 4.52 Å². The molecular formula is C26H23N2O2P. The van der Waals surface area contributed by atoms with Crippen molar-refractivity contribution in [3.05, 3.63) is 132 Å². The van der Waals surface area contributed by atoms with Crippen molar-refractivity contribution in [2.24, 2.45) is 0 Å². The van der Waals surface area contributed by atoms with Crippen LogP contribution < -0.4 is 10.8 Å². The van der Waals surface area contributed by atoms with Crippen molar-refractivity contribution in [1.29, 1.82) is 0 Å². The number of nitrogens with zero attached hydrogens (tertiary/aromatic N) is 1. The van der Waals surface area contributed by atoms with Gasteiger partial charge in [0.2, 0.25) is 0 Å². The van der Waals surface area contributed by atoms with Gasteiger partial charge in [0.15, 0.2) is 0 Å². The van der Waals surface area contributed by atoms with Crippen LogP contribution in [0.1, 0.15) is 34.6 Å². The molecule has 4 atom stereocenters. The molecule has 4 nitrogen and oxygen atoms in total. The lowest BCUT2D eigenvalue weighted by molar-refractivity contribution is 0.127. The van der Waals surface area contributed by atoms with E-state index in [9.17, 15) is 4.57 Å². The van der Waals surface area contributed by atoms with E-state index in [1.54, 1.807) is 12.3 Å². The summed E-state index contributed by atoms with van der Waals surface area (Å²) in [6.45, 7) is 0. The molecule has 0 bridgehead atoms. The monoisotopic (exact) mass is 426 g/mol. The molecule has 1 unspecified atom stereocenters. The highest BCUT2D eigenvalue weighted by Gasteiger charge is 2.48. The highest BCUT2D eigenvalue weighted by Crippen LogP contribution is 2.65. The Morgan fingerprint density at radius 3 is 1.81 bits per heavy atom. The molecule has 5 heteroatoms. The molecule has 1 N–H and O–H groups in total. The summed E-state index contributed by atoms with van der Waals surface area (Å²) >= 11 is 0. The van der Waals surface area contributed by atoms with Crippen LogP contribution in [0.5, 0.6) is 0 Å². The lowest BCUT2D eigenvalue weighted by Gasteiger charge is -2.42. The molecule has 1 fully saturated rings. The zero-order valence-corrected chi connectivity index (χ0v) is 17.8. The predicted molar refractivity (Wildman–Crippen MR) is 123 cm³/mol. The van der Waals surface area contributed by atoms with Gasteiger partial charge in [0, 0.05) is 6.20 Å². The molecule has 0 amide bonds. The van der Waals surface area contributed by atoms with Crippen molar-refractivity contribution in [1.82, 2.24) is 10.3 Å². The van der Waals surface area contributed by atoms with E-state index in [-0.39, 0.29) is 6.04 Å². The maximum absolute atomic E-state index is 14.6. The molecule has 4 aromatic rings. The summed E-state index contributed by atoms with van der Waals surface area (Å²) in [5.74, 6) is -0.506. The van der Waals surface area contributed by atoms with Gasteiger partial charge in [-0.05, 0) is 28.8 Å². The Bertz CT molecular complexity index is 1170. The summed E-state index contributed by atoms with van der Waals surface area (Å²) in [6, 6.07) is 35.3. The minimum absolute atomic E-state index is 0.167. The number of hydrogen-bond acceptors (Lipinski definition) is 4. The third-order valence-electron chi connectivity index (χ3n) is 5.62. The first-order valence-corrected chi connectivity index (χ1v) is 12.1. The standard InChI is InChI=1S/C26H23N2O2P/c29-31(23-18-10-11-19-27-23)26(22-16-8-3-9-17-22)28-24(20-12-4-1-5-13-20)25(30-31)21-14-6-2-7-15-21/h1-19,24-26,28H/t24-,25+,26-,31?/m1/s1. The van der Waals surface area contributed by atoms with Gasteiger partial charge in [-0.1, -0.05) is 97.1 Å². The zero-order chi connectivity index (χ0) is 21.1. The fraction of sp³-hybridized carbons (Fsp3) is 0.115. The zero-order valence-electron chi connectivity index (χ0n) is 16.9. The topological polar surface area (TPSA) is 51.2 Å². The quantitative estimate of drug-likeness (QED) is 0.420. The Balaban J connectivity index is 1.67. The fourth-order valence-electron chi connectivity index (χ4n) is 4.13. The lowest BCUT2D eigenvalue weighted by Crippen LogP contribution is -2.40. The highest BCUT2D eigenvalue weighted by atomic mass is 31.2. The first kappa shape index (κ1) is 19.9. The summed E-state index contributed by atoms with van der Waals surface area (Å²) in [5.41, 5.74) is 3.46. The number of pyridine rings is 1. The van der Waals surface area contributed by atoms with Crippen LogP contribution in [0.3, 0.4) is 0 Å². The minimum atomic E-state index is -3.40. The molecular weight excluding hydrogens is 403 g/mol. The van der Waals surface area contributed by atoms with Crippen molar-refractivity contribution in [2.75, 3.05) is 0 Å². The largest absolute Gasteiger partial charge is 0.313 e. The van der Waals surface area contributed by atoms with Crippen LogP contribution in [-0.4, -0.2) is 4.98 Å². The third kappa shape index (κ3) is 3.86. The summed E-state index contributed by atoms with van der Waals surface area (Å²) in [7, 11) is -3.40. The second-order valence-electron chi connectivity index (χ2n) is 7.59. The number of aromatic nitrogens is 1. The van der Waals surface area contributed by atoms with Gasteiger partial charge in [-0.3, -0.25) is 14.9 Å². The SMILES string of the molecule is O=P1(c2ccccn2)O[C@@H](c2ccccc2)[C@@H](c2ccccc2)N[C@H]1c1ccccc1. The Morgan fingerprint density at radius 1 is 0.677 bits per heavy atom. The Kier molecular flexibility index (Phi) is 5.52. The van der Waals surface area contributed by atoms with Gasteiger partial charge in [-0.2, -0.15) is 0 Å². The summed E-state index contributed by atoms with van der Waals surface area (Å²) in [5, 5.41) is 3.70. The molecule has 1 aliphatic heterocycles. The number of nitrogens with one attached hydrogen (secondary N) is 1. The molecule has 3 aromatic carbocycles. The molecule has 5 rings (SSSR count). The summed E-state index contributed by atoms with van der Waals surface area (Å²) in [6.07, 6.45) is 1.25. The predicted octanol–water partition coefficient (Wildman–Crippen LogP) is 5.79. The van der Waals surface area contributed by atoms with Crippen LogP contribution in [0.25, 0.3) is 0 Å². The van der Waals surface area contributed by atoms with Gasteiger partial charge in [0.05, 0.1) is 6.04 Å². The third-order valence-corrected chi connectivity index (χ3v) is 8.19. The van der Waals surface area contributed by atoms with E-state index in [0.717, 1.165) is 16.7 Å². The van der Waals surface area contributed by atoms with Crippen LogP contribution in [0, 0.1) is 0 Å². The van der Waals surface area contributed by atoms with Gasteiger partial charge >= 0.3 is 0 Å². The highest BCUT2D eigenvalue weighted by molar-refractivity contribution is 7.67. The average molecular weight is 426 g/mol. The Hall–Kier alpha value is -3.04. The van der Waals surface area contributed by atoms with Crippen LogP contribution in [0.2, 0.25) is 0 Å². The Labute approximate surface area is 182 Å². The van der Waals surface area contributed by atoms with Gasteiger partial charge in [0.25, 0.3) is 7.37 Å². The maximum Gasteiger partial charge on any atom is 0.271 e. The van der Waals surface area contributed by atoms with Crippen LogP contribution in [0.15, 0.2) is 115 Å². The molecule has 31 heavy (non-hydrogen) atoms. The summed E-state index contributed by atoms with van der Waals surface area (Å²) in [4.78, 5) is 4.45. The van der Waals surface area contributed by atoms with E-state index in [1.807, 2.05) is 91.0 Å². The molecule has 0 radical (unpaired) electrons. The van der Waals surface area contributed by atoms with E-state index in [2.05, 4.69) is 22.4 Å². The van der Waals surface area contributed by atoms with Crippen LogP contribution in [0.4, 0.5) is 0 Å². The average Bonchev–Trinajstić information content (AvgIpc) is 2.86. The van der Waals surface area contributed by atoms with Crippen molar-refractivity contribution in [2.45, 2.75) is 17.9 Å². The van der Waals surface area contributed by atoms with E-state index >= 15 is 0 Å². The molecule has 154 valence electrons. The molecule has 1 saturated heterocycles. The second-order valence-corrected chi connectivity index (χ2v) is 9.97. The minimum Gasteiger partial charge on any atom is -0.313 e. The molecule has 0 aliphatic carbocycles. The lowest BCUT2D eigenvalue weighted by atomic mass is 9.95. The number of benzene rings is 3. The van der Waals surface area contributed by atoms with E-state index in [1.165, 1.54) is 0 Å². The number of hydrogen-bond donors (Lipinski definition) is 1. The van der Waals surface area contributed by atoms with Crippen molar-refractivity contribution in [3.8, 4) is 0 Å². The van der Waals surface area contributed by atoms with Crippen molar-refractivity contribution in [3.63, 3.8) is 0 Å². The van der Waals surface area contributed by atoms with Crippen LogP contribution >= 0.6 is 7.37 Å². The van der Waals surface area contributed by atoms with Gasteiger partial charge < -0.3 is 4.52 Å². The smallest absolute Gasteiger partial charge is 0.271 e. The maximum atomic E-state index is 14.6. The fourth-order valence-corrected chi connectivity index (χ4v) is 6.64. The first-order valence-electron chi connectivity index (χ1n) is 10.4. The molecule has 1 aromatic heterocycles. The van der Waals surface area contributed by atoms with Crippen molar-refractivity contribution < 1.29 is 9.09 Å². The second kappa shape index (κ2) is 8.60. The van der Waals surface area contributed by atoms with Gasteiger partial charge in [-0.25, -0.2) is 0 Å². The normalized spacial score (nSPS) is 25.7. The van der Waals surface area contributed by atoms with Crippen molar-refractivity contribution >= 4 is 12.8 Å². The molecule has 0 spiro atoms. The van der Waals surface area contributed by atoms with E-state index < -0.39 is 19.3 Å². The first-order chi connectivity index (χ1) is 15.3. The molecule has 1 aliphatic rings. The molecule has 0 saturated carbocycles. The van der Waals surface area contributed by atoms with E-state index in [0.29, 0.717) is 5.44 Å². The van der Waals surface area contributed by atoms with Gasteiger partial charge in [-0.15, -0.1) is 0 Å². The van der Waals surface area contributed by atoms with Gasteiger partial charge in [0.1, 0.15) is 17.3 Å². The number of rotatable bonds is 4. The Morgan fingerprint density at radius 2 is 1.23 bits per heavy atom.